The Kier molecular flexibility index (Phi) is 10.4. The van der Waals surface area contributed by atoms with E-state index in [4.69, 9.17) is 30.1 Å². The molecule has 9 heteroatoms. The SMILES string of the molecule is CCCCC(Oc1ccc(C(N)=NO)cc1)Oc1ccc(-c2nc(-c3ccccc3)sc2CCN2CCOCC2)cc1. The third-order valence-electron chi connectivity index (χ3n) is 7.19. The Morgan fingerprint density at radius 3 is 2.29 bits per heavy atom. The summed E-state index contributed by atoms with van der Waals surface area (Å²) >= 11 is 1.78. The molecule has 4 aromatic rings. The average molecular weight is 587 g/mol. The molecule has 2 heterocycles. The van der Waals surface area contributed by atoms with Gasteiger partial charge in [-0.05, 0) is 61.4 Å². The minimum absolute atomic E-state index is 0.0562. The molecule has 0 bridgehead atoms. The second-order valence-electron chi connectivity index (χ2n) is 10.2. The maximum atomic E-state index is 8.91. The van der Waals surface area contributed by atoms with Gasteiger partial charge in [-0.1, -0.05) is 48.8 Å². The molecule has 1 aliphatic heterocycles. The highest BCUT2D eigenvalue weighted by atomic mass is 32.1. The molecule has 1 saturated heterocycles. The van der Waals surface area contributed by atoms with Gasteiger partial charge in [0.1, 0.15) is 16.5 Å². The van der Waals surface area contributed by atoms with E-state index in [1.807, 2.05) is 18.2 Å². The van der Waals surface area contributed by atoms with Crippen molar-refractivity contribution < 1.29 is 19.4 Å². The molecular formula is C33H38N4O4S. The van der Waals surface area contributed by atoms with Crippen molar-refractivity contribution in [3.8, 4) is 33.3 Å². The monoisotopic (exact) mass is 586 g/mol. The van der Waals surface area contributed by atoms with Crippen molar-refractivity contribution in [1.82, 2.24) is 9.88 Å². The van der Waals surface area contributed by atoms with Gasteiger partial charge in [0.2, 0.25) is 6.29 Å². The molecule has 5 rings (SSSR count). The Hall–Kier alpha value is -3.92. The molecule has 1 atom stereocenters. The topological polar surface area (TPSA) is 102 Å². The number of nitrogens with two attached hydrogens (primary N) is 1. The van der Waals surface area contributed by atoms with Gasteiger partial charge in [-0.2, -0.15) is 0 Å². The summed E-state index contributed by atoms with van der Waals surface area (Å²) < 4.78 is 18.0. The summed E-state index contributed by atoms with van der Waals surface area (Å²) in [5.41, 5.74) is 9.54. The first kappa shape index (κ1) is 29.6. The summed E-state index contributed by atoms with van der Waals surface area (Å²) in [7, 11) is 0. The van der Waals surface area contributed by atoms with E-state index in [1.54, 1.807) is 35.6 Å². The van der Waals surface area contributed by atoms with Crippen molar-refractivity contribution in [2.24, 2.45) is 10.9 Å². The van der Waals surface area contributed by atoms with Crippen LogP contribution >= 0.6 is 11.3 Å². The fourth-order valence-corrected chi connectivity index (χ4v) is 5.88. The van der Waals surface area contributed by atoms with Gasteiger partial charge in [0.15, 0.2) is 5.84 Å². The smallest absolute Gasteiger partial charge is 0.241 e. The molecule has 0 radical (unpaired) electrons. The van der Waals surface area contributed by atoms with Crippen LogP contribution in [0.4, 0.5) is 0 Å². The molecule has 1 aliphatic rings. The number of benzene rings is 3. The number of hydrogen-bond acceptors (Lipinski definition) is 8. The Labute approximate surface area is 251 Å². The second kappa shape index (κ2) is 14.8. The molecule has 3 N–H and O–H groups in total. The zero-order valence-electron chi connectivity index (χ0n) is 23.9. The molecule has 8 nitrogen and oxygen atoms in total. The lowest BCUT2D eigenvalue weighted by Crippen LogP contribution is -2.37. The van der Waals surface area contributed by atoms with Gasteiger partial charge in [-0.25, -0.2) is 4.98 Å². The number of ether oxygens (including phenoxy) is 3. The molecule has 42 heavy (non-hydrogen) atoms. The Bertz CT molecular complexity index is 1420. The van der Waals surface area contributed by atoms with E-state index >= 15 is 0 Å². The van der Waals surface area contributed by atoms with E-state index in [0.29, 0.717) is 11.3 Å². The number of unbranched alkanes of at least 4 members (excludes halogenated alkanes) is 1. The zero-order chi connectivity index (χ0) is 29.1. The van der Waals surface area contributed by atoms with E-state index < -0.39 is 6.29 Å². The molecule has 0 aliphatic carbocycles. The van der Waals surface area contributed by atoms with Crippen LogP contribution in [-0.2, 0) is 11.2 Å². The van der Waals surface area contributed by atoms with Crippen molar-refractivity contribution in [3.63, 3.8) is 0 Å². The number of hydrogen-bond donors (Lipinski definition) is 2. The van der Waals surface area contributed by atoms with Gasteiger partial charge in [0.25, 0.3) is 0 Å². The molecule has 1 aromatic heterocycles. The van der Waals surface area contributed by atoms with Crippen LogP contribution < -0.4 is 15.2 Å². The van der Waals surface area contributed by atoms with Crippen molar-refractivity contribution in [2.45, 2.75) is 38.9 Å². The molecular weight excluding hydrogens is 548 g/mol. The molecule has 0 saturated carbocycles. The number of aromatic nitrogens is 1. The number of rotatable bonds is 13. The number of oxime groups is 1. The van der Waals surface area contributed by atoms with E-state index in [0.717, 1.165) is 86.1 Å². The molecule has 1 fully saturated rings. The minimum atomic E-state index is -0.446. The largest absolute Gasteiger partial charge is 0.455 e. The lowest BCUT2D eigenvalue weighted by Gasteiger charge is -2.26. The first-order valence-corrected chi connectivity index (χ1v) is 15.3. The van der Waals surface area contributed by atoms with Crippen LogP contribution in [-0.4, -0.2) is 60.1 Å². The van der Waals surface area contributed by atoms with E-state index in [1.165, 1.54) is 4.88 Å². The van der Waals surface area contributed by atoms with Crippen molar-refractivity contribution >= 4 is 17.2 Å². The maximum absolute atomic E-state index is 8.91. The summed E-state index contributed by atoms with van der Waals surface area (Å²) in [5.74, 6) is 1.45. The number of thiazole rings is 1. The predicted molar refractivity (Wildman–Crippen MR) is 167 cm³/mol. The van der Waals surface area contributed by atoms with Gasteiger partial charge in [0, 0.05) is 47.6 Å². The third-order valence-corrected chi connectivity index (χ3v) is 8.36. The normalized spacial score (nSPS) is 14.9. The zero-order valence-corrected chi connectivity index (χ0v) is 24.8. The van der Waals surface area contributed by atoms with Crippen LogP contribution in [0.5, 0.6) is 11.5 Å². The first-order chi connectivity index (χ1) is 20.6. The van der Waals surface area contributed by atoms with E-state index in [9.17, 15) is 0 Å². The van der Waals surface area contributed by atoms with Crippen molar-refractivity contribution in [3.05, 3.63) is 89.3 Å². The highest BCUT2D eigenvalue weighted by Gasteiger charge is 2.18. The standard InChI is InChI=1S/C33H38N4O4S/c1-2-3-9-30(41-28-16-12-25(13-17-28)32(34)36-38)40-27-14-10-24(11-15-27)31-29(18-19-37-20-22-39-23-21-37)42-33(35-31)26-7-5-4-6-8-26/h4-8,10-17,30,38H,2-3,9,18-23H2,1H3,(H2,34,36). The lowest BCUT2D eigenvalue weighted by molar-refractivity contribution is -0.00211. The van der Waals surface area contributed by atoms with Crippen LogP contribution in [0.3, 0.4) is 0 Å². The lowest BCUT2D eigenvalue weighted by atomic mass is 10.1. The van der Waals surface area contributed by atoms with Crippen LogP contribution in [0.1, 0.15) is 36.6 Å². The maximum Gasteiger partial charge on any atom is 0.241 e. The van der Waals surface area contributed by atoms with E-state index in [2.05, 4.69) is 53.4 Å². The van der Waals surface area contributed by atoms with Crippen molar-refractivity contribution in [2.75, 3.05) is 32.8 Å². The summed E-state index contributed by atoms with van der Waals surface area (Å²) in [6.07, 6.45) is 3.25. The van der Waals surface area contributed by atoms with Crippen LogP contribution in [0, 0.1) is 0 Å². The minimum Gasteiger partial charge on any atom is -0.455 e. The van der Waals surface area contributed by atoms with Gasteiger partial charge in [-0.3, -0.25) is 4.90 Å². The van der Waals surface area contributed by atoms with E-state index in [-0.39, 0.29) is 5.84 Å². The number of nitrogens with zero attached hydrogens (tertiary/aromatic N) is 3. The predicted octanol–water partition coefficient (Wildman–Crippen LogP) is 6.42. The Balaban J connectivity index is 1.32. The van der Waals surface area contributed by atoms with Crippen LogP contribution in [0.15, 0.2) is 84.0 Å². The number of morpholine rings is 1. The summed E-state index contributed by atoms with van der Waals surface area (Å²) in [6, 6.07) is 25.6. The molecule has 0 spiro atoms. The molecule has 220 valence electrons. The van der Waals surface area contributed by atoms with Crippen LogP contribution in [0.2, 0.25) is 0 Å². The summed E-state index contributed by atoms with van der Waals surface area (Å²) in [4.78, 5) is 8.85. The highest BCUT2D eigenvalue weighted by molar-refractivity contribution is 7.15. The van der Waals surface area contributed by atoms with Crippen LogP contribution in [0.25, 0.3) is 21.8 Å². The fourth-order valence-electron chi connectivity index (χ4n) is 4.80. The summed E-state index contributed by atoms with van der Waals surface area (Å²) in [5, 5.41) is 13.0. The quantitative estimate of drug-likeness (QED) is 0.0613. The Morgan fingerprint density at radius 1 is 0.976 bits per heavy atom. The highest BCUT2D eigenvalue weighted by Crippen LogP contribution is 2.35. The van der Waals surface area contributed by atoms with Gasteiger partial charge in [-0.15, -0.1) is 11.3 Å². The van der Waals surface area contributed by atoms with Gasteiger partial charge >= 0.3 is 0 Å². The van der Waals surface area contributed by atoms with Crippen molar-refractivity contribution in [1.29, 1.82) is 0 Å². The summed E-state index contributed by atoms with van der Waals surface area (Å²) in [6.45, 7) is 6.68. The van der Waals surface area contributed by atoms with Gasteiger partial charge in [0.05, 0.1) is 18.9 Å². The third kappa shape index (κ3) is 7.88. The molecule has 3 aromatic carbocycles. The molecule has 0 amide bonds. The average Bonchev–Trinajstić information content (AvgIpc) is 3.48. The molecule has 1 unspecified atom stereocenters. The first-order valence-electron chi connectivity index (χ1n) is 14.5. The van der Waals surface area contributed by atoms with Gasteiger partial charge < -0.3 is 25.2 Å². The number of amidine groups is 1. The second-order valence-corrected chi connectivity index (χ2v) is 11.3. The Morgan fingerprint density at radius 2 is 1.64 bits per heavy atom. The fraction of sp³-hybridized carbons (Fsp3) is 0.333.